The highest BCUT2D eigenvalue weighted by Gasteiger charge is 2.11. The highest BCUT2D eigenvalue weighted by atomic mass is 32.2. The zero-order valence-corrected chi connectivity index (χ0v) is 17.8. The summed E-state index contributed by atoms with van der Waals surface area (Å²) in [7, 11) is 3.64. The molecule has 2 N–H and O–H groups in total. The Labute approximate surface area is 175 Å². The van der Waals surface area contributed by atoms with E-state index in [0.29, 0.717) is 21.7 Å². The van der Waals surface area contributed by atoms with Gasteiger partial charge in [0.1, 0.15) is 12.7 Å². The monoisotopic (exact) mass is 432 g/mol. The SMILES string of the molecule is Cc1ccc(NC(=O)CSc2nncn2C)cc1NC(=O)CSc1nncn1C. The molecular weight excluding hydrogens is 412 g/mol. The molecule has 0 saturated carbocycles. The van der Waals surface area contributed by atoms with E-state index in [9.17, 15) is 9.59 Å². The van der Waals surface area contributed by atoms with Gasteiger partial charge in [-0.1, -0.05) is 29.6 Å². The summed E-state index contributed by atoms with van der Waals surface area (Å²) in [5, 5.41) is 22.5. The Balaban J connectivity index is 1.54. The van der Waals surface area contributed by atoms with E-state index in [-0.39, 0.29) is 23.3 Å². The van der Waals surface area contributed by atoms with Gasteiger partial charge in [-0.15, -0.1) is 20.4 Å². The van der Waals surface area contributed by atoms with Crippen LogP contribution in [0.2, 0.25) is 0 Å². The minimum Gasteiger partial charge on any atom is -0.325 e. The van der Waals surface area contributed by atoms with Gasteiger partial charge < -0.3 is 19.8 Å². The van der Waals surface area contributed by atoms with Gasteiger partial charge in [0.05, 0.1) is 11.5 Å². The van der Waals surface area contributed by atoms with E-state index in [2.05, 4.69) is 31.0 Å². The van der Waals surface area contributed by atoms with Crippen LogP contribution >= 0.6 is 23.5 Å². The molecule has 29 heavy (non-hydrogen) atoms. The van der Waals surface area contributed by atoms with Crippen LogP contribution in [0, 0.1) is 6.92 Å². The number of aromatic nitrogens is 6. The second-order valence-electron chi connectivity index (χ2n) is 6.15. The lowest BCUT2D eigenvalue weighted by Crippen LogP contribution is -2.17. The van der Waals surface area contributed by atoms with Gasteiger partial charge in [0.2, 0.25) is 11.8 Å². The maximum absolute atomic E-state index is 12.3. The summed E-state index contributed by atoms with van der Waals surface area (Å²) in [6.45, 7) is 1.89. The fourth-order valence-electron chi connectivity index (χ4n) is 2.28. The van der Waals surface area contributed by atoms with E-state index in [4.69, 9.17) is 0 Å². The molecule has 12 heteroatoms. The normalized spacial score (nSPS) is 10.7. The van der Waals surface area contributed by atoms with Crippen LogP contribution in [0.5, 0.6) is 0 Å². The molecule has 0 spiro atoms. The highest BCUT2D eigenvalue weighted by molar-refractivity contribution is 8.00. The minimum absolute atomic E-state index is 0.164. The van der Waals surface area contributed by atoms with E-state index < -0.39 is 0 Å². The topological polar surface area (TPSA) is 120 Å². The second-order valence-corrected chi connectivity index (χ2v) is 8.04. The third kappa shape index (κ3) is 5.81. The number of thioether (sulfide) groups is 2. The molecular formula is C17H20N8O2S2. The largest absolute Gasteiger partial charge is 0.325 e. The van der Waals surface area contributed by atoms with Gasteiger partial charge in [-0.3, -0.25) is 9.59 Å². The third-order valence-electron chi connectivity index (χ3n) is 3.80. The van der Waals surface area contributed by atoms with Crippen molar-refractivity contribution in [1.82, 2.24) is 29.5 Å². The summed E-state index contributed by atoms with van der Waals surface area (Å²) in [4.78, 5) is 24.5. The van der Waals surface area contributed by atoms with E-state index in [1.807, 2.05) is 27.1 Å². The predicted molar refractivity (Wildman–Crippen MR) is 112 cm³/mol. The number of nitrogens with zero attached hydrogens (tertiary/aromatic N) is 6. The number of carbonyl (C=O) groups excluding carboxylic acids is 2. The molecule has 2 heterocycles. The smallest absolute Gasteiger partial charge is 0.234 e. The van der Waals surface area contributed by atoms with E-state index in [1.165, 1.54) is 23.5 Å². The van der Waals surface area contributed by atoms with Crippen molar-refractivity contribution in [2.75, 3.05) is 22.1 Å². The van der Waals surface area contributed by atoms with Crippen molar-refractivity contribution >= 4 is 46.7 Å². The second kappa shape index (κ2) is 9.56. The first-order valence-electron chi connectivity index (χ1n) is 8.56. The van der Waals surface area contributed by atoms with E-state index in [0.717, 1.165) is 5.56 Å². The van der Waals surface area contributed by atoms with Crippen molar-refractivity contribution in [1.29, 1.82) is 0 Å². The lowest BCUT2D eigenvalue weighted by atomic mass is 10.2. The first kappa shape index (κ1) is 20.9. The number of benzene rings is 1. The lowest BCUT2D eigenvalue weighted by molar-refractivity contribution is -0.114. The lowest BCUT2D eigenvalue weighted by Gasteiger charge is -2.11. The van der Waals surface area contributed by atoms with Crippen LogP contribution in [0.25, 0.3) is 0 Å². The van der Waals surface area contributed by atoms with Crippen molar-refractivity contribution in [3.05, 3.63) is 36.4 Å². The van der Waals surface area contributed by atoms with Crippen molar-refractivity contribution < 1.29 is 9.59 Å². The maximum atomic E-state index is 12.3. The number of amides is 2. The third-order valence-corrected chi connectivity index (χ3v) is 5.87. The number of anilines is 2. The van der Waals surface area contributed by atoms with Gasteiger partial charge in [0, 0.05) is 25.5 Å². The fourth-order valence-corrected chi connectivity index (χ4v) is 3.66. The Hall–Kier alpha value is -2.86. The van der Waals surface area contributed by atoms with Crippen molar-refractivity contribution in [3.63, 3.8) is 0 Å². The Morgan fingerprint density at radius 3 is 2.00 bits per heavy atom. The summed E-state index contributed by atoms with van der Waals surface area (Å²) in [5.74, 6) is 0.0762. The van der Waals surface area contributed by atoms with Crippen LogP contribution in [0.1, 0.15) is 5.56 Å². The van der Waals surface area contributed by atoms with E-state index >= 15 is 0 Å². The number of aryl methyl sites for hydroxylation is 3. The van der Waals surface area contributed by atoms with Crippen LogP contribution in [-0.2, 0) is 23.7 Å². The minimum atomic E-state index is -0.169. The Kier molecular flexibility index (Phi) is 6.88. The molecule has 152 valence electrons. The molecule has 3 rings (SSSR count). The molecule has 3 aromatic rings. The van der Waals surface area contributed by atoms with Gasteiger partial charge in [-0.05, 0) is 24.6 Å². The average molecular weight is 433 g/mol. The Morgan fingerprint density at radius 2 is 1.48 bits per heavy atom. The zero-order chi connectivity index (χ0) is 20.8. The summed E-state index contributed by atoms with van der Waals surface area (Å²) >= 11 is 2.60. The molecule has 10 nitrogen and oxygen atoms in total. The molecule has 2 amide bonds. The van der Waals surface area contributed by atoms with Gasteiger partial charge >= 0.3 is 0 Å². The molecule has 0 fully saturated rings. The van der Waals surface area contributed by atoms with Crippen LogP contribution in [0.15, 0.2) is 41.2 Å². The fraction of sp³-hybridized carbons (Fsp3) is 0.294. The van der Waals surface area contributed by atoms with E-state index in [1.54, 1.807) is 33.9 Å². The van der Waals surface area contributed by atoms with Crippen LogP contribution in [0.4, 0.5) is 11.4 Å². The van der Waals surface area contributed by atoms with Crippen LogP contribution in [-0.4, -0.2) is 52.8 Å². The molecule has 1 aromatic carbocycles. The summed E-state index contributed by atoms with van der Waals surface area (Å²) in [5.41, 5.74) is 2.15. The number of carbonyl (C=O) groups is 2. The predicted octanol–water partition coefficient (Wildman–Crippen LogP) is 1.71. The average Bonchev–Trinajstić information content (AvgIpc) is 3.29. The number of nitrogens with one attached hydrogen (secondary N) is 2. The van der Waals surface area contributed by atoms with Gasteiger partial charge in [0.25, 0.3) is 0 Å². The van der Waals surface area contributed by atoms with Gasteiger partial charge in [-0.25, -0.2) is 0 Å². The first-order chi connectivity index (χ1) is 13.9. The summed E-state index contributed by atoms with van der Waals surface area (Å²) < 4.78 is 3.49. The molecule has 0 aliphatic heterocycles. The highest BCUT2D eigenvalue weighted by Crippen LogP contribution is 2.22. The Bertz CT molecular complexity index is 1020. The van der Waals surface area contributed by atoms with Crippen LogP contribution in [0.3, 0.4) is 0 Å². The standard InChI is InChI=1S/C17H20N8O2S2/c1-11-4-5-12(20-14(26)7-28-16-22-18-9-24(16)2)6-13(11)21-15(27)8-29-17-23-19-10-25(17)3/h4-6,9-10H,7-8H2,1-3H3,(H,20,26)(H,21,27). The van der Waals surface area contributed by atoms with Crippen molar-refractivity contribution in [2.45, 2.75) is 17.2 Å². The molecule has 0 unspecified atom stereocenters. The van der Waals surface area contributed by atoms with Gasteiger partial charge in [-0.2, -0.15) is 0 Å². The van der Waals surface area contributed by atoms with Crippen molar-refractivity contribution in [3.8, 4) is 0 Å². The molecule has 0 saturated heterocycles. The Morgan fingerprint density at radius 1 is 0.931 bits per heavy atom. The summed E-state index contributed by atoms with van der Waals surface area (Å²) in [6, 6.07) is 5.38. The molecule has 0 aliphatic rings. The number of hydrogen-bond donors (Lipinski definition) is 2. The van der Waals surface area contributed by atoms with Crippen LogP contribution < -0.4 is 10.6 Å². The zero-order valence-electron chi connectivity index (χ0n) is 16.1. The van der Waals surface area contributed by atoms with Gasteiger partial charge in [0.15, 0.2) is 10.3 Å². The summed E-state index contributed by atoms with van der Waals surface area (Å²) in [6.07, 6.45) is 3.16. The number of rotatable bonds is 8. The molecule has 0 atom stereocenters. The molecule has 0 bridgehead atoms. The molecule has 2 aromatic heterocycles. The quantitative estimate of drug-likeness (QED) is 0.516. The molecule has 0 radical (unpaired) electrons. The van der Waals surface area contributed by atoms with Crippen molar-refractivity contribution in [2.24, 2.45) is 14.1 Å². The number of hydrogen-bond acceptors (Lipinski definition) is 8. The first-order valence-corrected chi connectivity index (χ1v) is 10.5. The molecule has 0 aliphatic carbocycles. The maximum Gasteiger partial charge on any atom is 0.234 e.